The fourth-order valence-electron chi connectivity index (χ4n) is 2.12. The highest BCUT2D eigenvalue weighted by atomic mass is 35.5. The maximum Gasteiger partial charge on any atom is 0.417 e. The number of benzene rings is 2. The van der Waals surface area contributed by atoms with E-state index in [-0.39, 0.29) is 12.4 Å². The number of ether oxygens (including phenoxy) is 1. The first-order valence-electron chi connectivity index (χ1n) is 6.34. The molecule has 7 heteroatoms. The largest absolute Gasteiger partial charge is 0.484 e. The number of hydrogen-bond acceptors (Lipinski definition) is 3. The Morgan fingerprint density at radius 1 is 1.23 bits per heavy atom. The zero-order chi connectivity index (χ0) is 15.7. The first kappa shape index (κ1) is 14.7. The number of hydrogen-bond donors (Lipinski definition) is 1. The van der Waals surface area contributed by atoms with Gasteiger partial charge in [0.25, 0.3) is 0 Å². The summed E-state index contributed by atoms with van der Waals surface area (Å²) in [5.41, 5.74) is 1.10. The molecule has 0 saturated carbocycles. The zero-order valence-corrected chi connectivity index (χ0v) is 12.7. The third kappa shape index (κ3) is 2.73. The Morgan fingerprint density at radius 3 is 2.73 bits per heavy atom. The van der Waals surface area contributed by atoms with Crippen molar-refractivity contribution in [3.63, 3.8) is 0 Å². The van der Waals surface area contributed by atoms with E-state index in [2.05, 4.69) is 4.98 Å². The van der Waals surface area contributed by atoms with Crippen molar-refractivity contribution in [2.75, 3.05) is 0 Å². The molecule has 0 atom stereocenters. The average molecular weight is 337 g/mol. The number of nitrogens with zero attached hydrogens (tertiary/aromatic N) is 2. The minimum absolute atomic E-state index is 0.0255. The second-order valence-corrected chi connectivity index (χ2v) is 5.34. The van der Waals surface area contributed by atoms with Gasteiger partial charge in [0.05, 0.1) is 16.1 Å². The van der Waals surface area contributed by atoms with Crippen molar-refractivity contribution in [2.24, 2.45) is 0 Å². The third-order valence-corrected chi connectivity index (χ3v) is 3.60. The van der Waals surface area contributed by atoms with Gasteiger partial charge >= 0.3 is 6.09 Å². The standard InChI is InChI=1S/C15H10Cl2N2O3/c16-9-5-6-13(10(17)7-9)22-8-14-18-11-3-1-2-4-12(11)19(14)15(20)21/h1-7H,8H2,(H,20,21). The van der Waals surface area contributed by atoms with Crippen LogP contribution in [0.15, 0.2) is 42.5 Å². The summed E-state index contributed by atoms with van der Waals surface area (Å²) in [6, 6.07) is 11.8. The van der Waals surface area contributed by atoms with E-state index in [1.54, 1.807) is 42.5 Å². The number of carboxylic acid groups (broad SMARTS) is 1. The van der Waals surface area contributed by atoms with Gasteiger partial charge in [-0.2, -0.15) is 0 Å². The van der Waals surface area contributed by atoms with Gasteiger partial charge in [-0.3, -0.25) is 0 Å². The van der Waals surface area contributed by atoms with Crippen LogP contribution < -0.4 is 4.74 Å². The molecule has 22 heavy (non-hydrogen) atoms. The van der Waals surface area contributed by atoms with Gasteiger partial charge in [-0.05, 0) is 30.3 Å². The minimum atomic E-state index is -1.12. The molecular weight excluding hydrogens is 327 g/mol. The number of rotatable bonds is 3. The highest BCUT2D eigenvalue weighted by molar-refractivity contribution is 6.35. The van der Waals surface area contributed by atoms with Crippen molar-refractivity contribution in [3.05, 3.63) is 58.3 Å². The molecule has 0 amide bonds. The second-order valence-electron chi connectivity index (χ2n) is 4.50. The second kappa shape index (κ2) is 5.87. The molecule has 1 aromatic heterocycles. The Morgan fingerprint density at radius 2 is 2.00 bits per heavy atom. The van der Waals surface area contributed by atoms with Gasteiger partial charge in [0.15, 0.2) is 5.82 Å². The molecule has 0 radical (unpaired) electrons. The Balaban J connectivity index is 1.93. The molecule has 1 heterocycles. The molecule has 2 aromatic carbocycles. The maximum atomic E-state index is 11.4. The van der Waals surface area contributed by atoms with Gasteiger partial charge in [0, 0.05) is 5.02 Å². The van der Waals surface area contributed by atoms with Gasteiger partial charge in [0.2, 0.25) is 0 Å². The minimum Gasteiger partial charge on any atom is -0.484 e. The van der Waals surface area contributed by atoms with E-state index in [9.17, 15) is 9.90 Å². The van der Waals surface area contributed by atoms with Gasteiger partial charge < -0.3 is 9.84 Å². The molecule has 1 N–H and O–H groups in total. The van der Waals surface area contributed by atoms with Gasteiger partial charge in [-0.1, -0.05) is 35.3 Å². The SMILES string of the molecule is O=C(O)n1c(COc2ccc(Cl)cc2Cl)nc2ccccc21. The summed E-state index contributed by atoms with van der Waals surface area (Å²) < 4.78 is 6.66. The third-order valence-electron chi connectivity index (χ3n) is 3.07. The lowest BCUT2D eigenvalue weighted by Crippen LogP contribution is -2.14. The lowest BCUT2D eigenvalue weighted by atomic mass is 10.3. The van der Waals surface area contributed by atoms with E-state index in [1.165, 1.54) is 0 Å². The number of fused-ring (bicyclic) bond motifs is 1. The Bertz CT molecular complexity index is 861. The molecule has 0 saturated heterocycles. The van der Waals surface area contributed by atoms with Crippen LogP contribution in [-0.4, -0.2) is 20.8 Å². The fourth-order valence-corrected chi connectivity index (χ4v) is 2.58. The van der Waals surface area contributed by atoms with Crippen LogP contribution in [-0.2, 0) is 6.61 Å². The Labute approximate surface area is 135 Å². The number of aromatic nitrogens is 2. The van der Waals surface area contributed by atoms with Gasteiger partial charge in [-0.25, -0.2) is 14.3 Å². The molecule has 0 aliphatic carbocycles. The van der Waals surface area contributed by atoms with E-state index in [0.717, 1.165) is 4.57 Å². The average Bonchev–Trinajstić information content (AvgIpc) is 2.84. The van der Waals surface area contributed by atoms with E-state index in [4.69, 9.17) is 27.9 Å². The van der Waals surface area contributed by atoms with Gasteiger partial charge in [0.1, 0.15) is 12.4 Å². The molecule has 5 nitrogen and oxygen atoms in total. The van der Waals surface area contributed by atoms with Crippen molar-refractivity contribution >= 4 is 40.3 Å². The van der Waals surface area contributed by atoms with Crippen LogP contribution in [0.5, 0.6) is 5.75 Å². The molecule has 0 fully saturated rings. The topological polar surface area (TPSA) is 64.3 Å². The van der Waals surface area contributed by atoms with Gasteiger partial charge in [-0.15, -0.1) is 0 Å². The van der Waals surface area contributed by atoms with Crippen molar-refractivity contribution in [2.45, 2.75) is 6.61 Å². The summed E-state index contributed by atoms with van der Waals surface area (Å²) >= 11 is 11.8. The van der Waals surface area contributed by atoms with Crippen LogP contribution in [0.1, 0.15) is 5.82 Å². The van der Waals surface area contributed by atoms with Crippen LogP contribution in [0, 0.1) is 0 Å². The molecule has 0 bridgehead atoms. The number of halogens is 2. The summed E-state index contributed by atoms with van der Waals surface area (Å²) in [7, 11) is 0. The molecule has 0 unspecified atom stereocenters. The Kier molecular flexibility index (Phi) is 3.92. The molecule has 3 aromatic rings. The van der Waals surface area contributed by atoms with E-state index < -0.39 is 6.09 Å². The predicted octanol–water partition coefficient (Wildman–Crippen LogP) is 4.45. The molecule has 112 valence electrons. The van der Waals surface area contributed by atoms with Crippen molar-refractivity contribution in [3.8, 4) is 5.75 Å². The normalized spacial score (nSPS) is 10.8. The smallest absolute Gasteiger partial charge is 0.417 e. The van der Waals surface area contributed by atoms with Crippen LogP contribution in [0.2, 0.25) is 10.0 Å². The van der Waals surface area contributed by atoms with Crippen molar-refractivity contribution in [1.29, 1.82) is 0 Å². The molecular formula is C15H10Cl2N2O3. The monoisotopic (exact) mass is 336 g/mol. The summed E-state index contributed by atoms with van der Waals surface area (Å²) in [6.07, 6.45) is -1.12. The van der Waals surface area contributed by atoms with E-state index in [1.807, 2.05) is 0 Å². The summed E-state index contributed by atoms with van der Waals surface area (Å²) in [5.74, 6) is 0.690. The first-order valence-corrected chi connectivity index (χ1v) is 7.09. The molecule has 0 spiro atoms. The van der Waals surface area contributed by atoms with Crippen LogP contribution in [0.4, 0.5) is 4.79 Å². The van der Waals surface area contributed by atoms with Crippen molar-refractivity contribution < 1.29 is 14.6 Å². The number of imidazole rings is 1. The number of carbonyl (C=O) groups is 1. The number of para-hydroxylation sites is 2. The fraction of sp³-hybridized carbons (Fsp3) is 0.0667. The quantitative estimate of drug-likeness (QED) is 0.767. The van der Waals surface area contributed by atoms with Crippen LogP contribution >= 0.6 is 23.2 Å². The van der Waals surface area contributed by atoms with Crippen LogP contribution in [0.3, 0.4) is 0 Å². The summed E-state index contributed by atoms with van der Waals surface area (Å²) in [4.78, 5) is 15.7. The van der Waals surface area contributed by atoms with Crippen molar-refractivity contribution in [1.82, 2.24) is 9.55 Å². The first-order chi connectivity index (χ1) is 10.6. The van der Waals surface area contributed by atoms with Crippen LogP contribution in [0.25, 0.3) is 11.0 Å². The zero-order valence-electron chi connectivity index (χ0n) is 11.2. The maximum absolute atomic E-state index is 11.4. The molecule has 0 aliphatic heterocycles. The summed E-state index contributed by atoms with van der Waals surface area (Å²) in [5, 5.41) is 10.2. The highest BCUT2D eigenvalue weighted by Gasteiger charge is 2.16. The lowest BCUT2D eigenvalue weighted by molar-refractivity contribution is 0.194. The lowest BCUT2D eigenvalue weighted by Gasteiger charge is -2.08. The van der Waals surface area contributed by atoms with E-state index in [0.29, 0.717) is 26.8 Å². The summed E-state index contributed by atoms with van der Waals surface area (Å²) in [6.45, 7) is -0.0255. The Hall–Kier alpha value is -2.24. The molecule has 3 rings (SSSR count). The molecule has 0 aliphatic rings. The predicted molar refractivity (Wildman–Crippen MR) is 83.9 cm³/mol. The highest BCUT2D eigenvalue weighted by Crippen LogP contribution is 2.28. The van der Waals surface area contributed by atoms with E-state index >= 15 is 0 Å².